The van der Waals surface area contributed by atoms with Crippen molar-refractivity contribution in [1.29, 1.82) is 0 Å². The molecular formula is C17H12Cl2FN3O2S2. The molecule has 5 nitrogen and oxygen atoms in total. The summed E-state index contributed by atoms with van der Waals surface area (Å²) in [6.45, 7) is -0.223. The Kier molecular flexibility index (Phi) is 6.89. The molecule has 3 rings (SSSR count). The maximum atomic E-state index is 12.9. The van der Waals surface area contributed by atoms with Gasteiger partial charge in [-0.25, -0.2) is 4.39 Å². The van der Waals surface area contributed by atoms with Gasteiger partial charge in [0.25, 0.3) is 5.91 Å². The second-order valence-corrected chi connectivity index (χ2v) is 8.24. The van der Waals surface area contributed by atoms with Crippen molar-refractivity contribution in [2.45, 2.75) is 10.1 Å². The summed E-state index contributed by atoms with van der Waals surface area (Å²) < 4.78 is 19.0. The Morgan fingerprint density at radius 1 is 1.19 bits per heavy atom. The Labute approximate surface area is 172 Å². The van der Waals surface area contributed by atoms with E-state index in [-0.39, 0.29) is 18.3 Å². The molecule has 0 unspecified atom stereocenters. The van der Waals surface area contributed by atoms with Crippen LogP contribution in [0.1, 0.15) is 5.56 Å². The summed E-state index contributed by atoms with van der Waals surface area (Å²) in [5.41, 5.74) is 0.968. The molecule has 10 heteroatoms. The minimum absolute atomic E-state index is 0.223. The lowest BCUT2D eigenvalue weighted by molar-refractivity contribution is -0.118. The lowest BCUT2D eigenvalue weighted by Gasteiger charge is -2.07. The molecule has 0 bridgehead atoms. The Morgan fingerprint density at radius 3 is 2.70 bits per heavy atom. The third-order valence-corrected chi connectivity index (χ3v) is 5.75. The molecular weight excluding hydrogens is 432 g/mol. The van der Waals surface area contributed by atoms with E-state index in [2.05, 4.69) is 15.5 Å². The van der Waals surface area contributed by atoms with Gasteiger partial charge in [0.1, 0.15) is 11.6 Å². The number of rotatable bonds is 7. The zero-order valence-electron chi connectivity index (χ0n) is 13.6. The third-order valence-electron chi connectivity index (χ3n) is 3.18. The number of aromatic nitrogens is 2. The first kappa shape index (κ1) is 19.9. The number of anilines is 1. The highest BCUT2D eigenvalue weighted by molar-refractivity contribution is 8.00. The molecule has 0 saturated heterocycles. The Hall–Kier alpha value is -1.87. The number of carbonyl (C=O) groups excluding carboxylic acids is 1. The fraction of sp³-hybridized carbons (Fsp3) is 0.118. The van der Waals surface area contributed by atoms with Crippen LogP contribution in [0.3, 0.4) is 0 Å². The van der Waals surface area contributed by atoms with Crippen LogP contribution in [0.15, 0.2) is 46.8 Å². The summed E-state index contributed by atoms with van der Waals surface area (Å²) in [7, 11) is 0. The first-order valence-corrected chi connectivity index (χ1v) is 10.1. The van der Waals surface area contributed by atoms with E-state index in [1.165, 1.54) is 41.3 Å². The van der Waals surface area contributed by atoms with Gasteiger partial charge in [-0.2, -0.15) is 0 Å². The fourth-order valence-electron chi connectivity index (χ4n) is 1.94. The van der Waals surface area contributed by atoms with E-state index in [1.54, 1.807) is 24.3 Å². The molecule has 0 spiro atoms. The molecule has 0 saturated carbocycles. The summed E-state index contributed by atoms with van der Waals surface area (Å²) >= 11 is 14.5. The largest absolute Gasteiger partial charge is 0.482 e. The van der Waals surface area contributed by atoms with E-state index < -0.39 is 0 Å². The molecule has 1 N–H and O–H groups in total. The molecule has 0 fully saturated rings. The van der Waals surface area contributed by atoms with Crippen LogP contribution in [0.4, 0.5) is 9.52 Å². The maximum Gasteiger partial charge on any atom is 0.264 e. The second-order valence-electron chi connectivity index (χ2n) is 5.20. The van der Waals surface area contributed by atoms with Crippen molar-refractivity contribution in [3.05, 3.63) is 63.9 Å². The van der Waals surface area contributed by atoms with Crippen molar-refractivity contribution in [3.63, 3.8) is 0 Å². The number of thioether (sulfide) groups is 1. The minimum Gasteiger partial charge on any atom is -0.482 e. The van der Waals surface area contributed by atoms with Crippen molar-refractivity contribution in [2.24, 2.45) is 0 Å². The number of hydrogen-bond acceptors (Lipinski definition) is 6. The maximum absolute atomic E-state index is 12.9. The summed E-state index contributed by atoms with van der Waals surface area (Å²) in [6, 6.07) is 11.0. The summed E-state index contributed by atoms with van der Waals surface area (Å²) in [4.78, 5) is 12.0. The van der Waals surface area contributed by atoms with Gasteiger partial charge in [-0.3, -0.25) is 10.1 Å². The Balaban J connectivity index is 1.48. The van der Waals surface area contributed by atoms with Crippen molar-refractivity contribution in [2.75, 3.05) is 11.9 Å². The van der Waals surface area contributed by atoms with Gasteiger partial charge >= 0.3 is 0 Å². The molecule has 0 aliphatic carbocycles. The molecule has 0 aliphatic heterocycles. The summed E-state index contributed by atoms with van der Waals surface area (Å²) in [5, 5.41) is 11.7. The number of amides is 1. The number of halogens is 3. The van der Waals surface area contributed by atoms with Crippen LogP contribution in [-0.4, -0.2) is 22.7 Å². The normalized spacial score (nSPS) is 10.6. The van der Waals surface area contributed by atoms with E-state index in [1.807, 2.05) is 0 Å². The predicted molar refractivity (Wildman–Crippen MR) is 106 cm³/mol. The number of hydrogen-bond donors (Lipinski definition) is 1. The van der Waals surface area contributed by atoms with Crippen LogP contribution in [0.2, 0.25) is 10.0 Å². The number of nitrogens with zero attached hydrogens (tertiary/aromatic N) is 2. The number of benzene rings is 2. The lowest BCUT2D eigenvalue weighted by Crippen LogP contribution is -2.20. The van der Waals surface area contributed by atoms with Crippen molar-refractivity contribution in [3.8, 4) is 5.75 Å². The quantitative estimate of drug-likeness (QED) is 0.396. The van der Waals surface area contributed by atoms with E-state index in [9.17, 15) is 9.18 Å². The topological polar surface area (TPSA) is 64.1 Å². The van der Waals surface area contributed by atoms with E-state index in [0.29, 0.717) is 31.0 Å². The van der Waals surface area contributed by atoms with Gasteiger partial charge in [0.2, 0.25) is 5.13 Å². The van der Waals surface area contributed by atoms with Crippen LogP contribution in [0.5, 0.6) is 5.75 Å². The molecule has 140 valence electrons. The van der Waals surface area contributed by atoms with Crippen LogP contribution in [-0.2, 0) is 10.5 Å². The first-order valence-electron chi connectivity index (χ1n) is 7.58. The molecule has 0 atom stereocenters. The Bertz CT molecular complexity index is 938. The number of nitrogens with one attached hydrogen (secondary N) is 1. The molecule has 27 heavy (non-hydrogen) atoms. The Morgan fingerprint density at radius 2 is 1.96 bits per heavy atom. The predicted octanol–water partition coefficient (Wildman–Crippen LogP) is 5.29. The average Bonchev–Trinajstić information content (AvgIpc) is 3.08. The van der Waals surface area contributed by atoms with Crippen molar-refractivity contribution < 1.29 is 13.9 Å². The van der Waals surface area contributed by atoms with Gasteiger partial charge < -0.3 is 4.74 Å². The molecule has 0 radical (unpaired) electrons. The smallest absolute Gasteiger partial charge is 0.264 e. The van der Waals surface area contributed by atoms with Crippen LogP contribution < -0.4 is 10.1 Å². The van der Waals surface area contributed by atoms with Gasteiger partial charge in [-0.1, -0.05) is 58.4 Å². The van der Waals surface area contributed by atoms with Crippen LogP contribution >= 0.6 is 46.3 Å². The van der Waals surface area contributed by atoms with Gasteiger partial charge in [-0.05, 0) is 35.9 Å². The number of carbonyl (C=O) groups is 1. The zero-order valence-corrected chi connectivity index (χ0v) is 16.8. The molecule has 2 aromatic carbocycles. The standard InChI is InChI=1S/C17H12Cl2FN3O2S2/c18-11-3-6-14(13(19)7-11)25-8-15(24)21-16-22-23-17(27-16)26-9-10-1-4-12(20)5-2-10/h1-7H,8-9H2,(H,21,22,24). The fourth-order valence-corrected chi connectivity index (χ4v) is 4.12. The van der Waals surface area contributed by atoms with Crippen LogP contribution in [0, 0.1) is 5.82 Å². The highest BCUT2D eigenvalue weighted by Gasteiger charge is 2.11. The summed E-state index contributed by atoms with van der Waals surface area (Å²) in [5.74, 6) is 0.337. The first-order chi connectivity index (χ1) is 13.0. The van der Waals surface area contributed by atoms with E-state index in [0.717, 1.165) is 5.56 Å². The van der Waals surface area contributed by atoms with E-state index in [4.69, 9.17) is 27.9 Å². The van der Waals surface area contributed by atoms with Gasteiger partial charge in [0.05, 0.1) is 5.02 Å². The molecule has 1 aromatic heterocycles. The van der Waals surface area contributed by atoms with Gasteiger partial charge in [-0.15, -0.1) is 10.2 Å². The molecule has 1 amide bonds. The average molecular weight is 444 g/mol. The molecule has 3 aromatic rings. The van der Waals surface area contributed by atoms with Crippen LogP contribution in [0.25, 0.3) is 0 Å². The summed E-state index contributed by atoms with van der Waals surface area (Å²) in [6.07, 6.45) is 0. The molecule has 1 heterocycles. The molecule has 0 aliphatic rings. The number of ether oxygens (including phenoxy) is 1. The van der Waals surface area contributed by atoms with Gasteiger partial charge in [0, 0.05) is 10.8 Å². The highest BCUT2D eigenvalue weighted by Crippen LogP contribution is 2.29. The second kappa shape index (κ2) is 9.36. The monoisotopic (exact) mass is 443 g/mol. The lowest BCUT2D eigenvalue weighted by atomic mass is 10.2. The van der Waals surface area contributed by atoms with E-state index >= 15 is 0 Å². The van der Waals surface area contributed by atoms with Crippen molar-refractivity contribution in [1.82, 2.24) is 10.2 Å². The van der Waals surface area contributed by atoms with Gasteiger partial charge in [0.15, 0.2) is 10.9 Å². The SMILES string of the molecule is O=C(COc1ccc(Cl)cc1Cl)Nc1nnc(SCc2ccc(F)cc2)s1. The third kappa shape index (κ3) is 6.07. The van der Waals surface area contributed by atoms with Crippen molar-refractivity contribution >= 4 is 57.3 Å². The zero-order chi connectivity index (χ0) is 19.2. The minimum atomic E-state index is -0.382. The highest BCUT2D eigenvalue weighted by atomic mass is 35.5.